The molecule has 0 radical (unpaired) electrons. The van der Waals surface area contributed by atoms with Crippen LogP contribution in [-0.2, 0) is 0 Å². The van der Waals surface area contributed by atoms with Crippen LogP contribution < -0.4 is 0 Å². The quantitative estimate of drug-likeness (QED) is 0.559. The Balaban J connectivity index is 1.85. The van der Waals surface area contributed by atoms with Crippen LogP contribution in [0.4, 0.5) is 0 Å². The van der Waals surface area contributed by atoms with E-state index >= 15 is 0 Å². The largest absolute Gasteiger partial charge is 0.508 e. The van der Waals surface area contributed by atoms with Gasteiger partial charge in [-0.15, -0.1) is 0 Å². The molecule has 0 amide bonds. The molecular formula is C20H15N3O2. The van der Waals surface area contributed by atoms with E-state index in [-0.39, 0.29) is 11.5 Å². The monoisotopic (exact) mass is 329 g/mol. The number of rotatable bonds is 3. The van der Waals surface area contributed by atoms with Gasteiger partial charge in [0, 0.05) is 58.0 Å². The number of ketones is 1. The Morgan fingerprint density at radius 2 is 1.96 bits per heavy atom. The normalized spacial score (nSPS) is 10.9. The lowest BCUT2D eigenvalue weighted by molar-refractivity contribution is 0.103. The molecule has 25 heavy (non-hydrogen) atoms. The smallest absolute Gasteiger partial charge is 0.195 e. The summed E-state index contributed by atoms with van der Waals surface area (Å²) in [4.78, 5) is 24.5. The summed E-state index contributed by atoms with van der Waals surface area (Å²) in [5.74, 6) is -0.0374. The number of phenols is 1. The number of aromatic hydroxyl groups is 1. The third-order valence-electron chi connectivity index (χ3n) is 4.32. The van der Waals surface area contributed by atoms with Gasteiger partial charge in [-0.1, -0.05) is 18.2 Å². The molecule has 3 aromatic heterocycles. The molecule has 0 saturated carbocycles. The Morgan fingerprint density at radius 1 is 1.08 bits per heavy atom. The zero-order valence-corrected chi connectivity index (χ0v) is 13.5. The number of aromatic nitrogens is 3. The van der Waals surface area contributed by atoms with Gasteiger partial charge in [-0.05, 0) is 25.1 Å². The van der Waals surface area contributed by atoms with E-state index in [0.29, 0.717) is 22.3 Å². The minimum Gasteiger partial charge on any atom is -0.508 e. The first-order valence-electron chi connectivity index (χ1n) is 7.86. The zero-order chi connectivity index (χ0) is 17.4. The molecule has 2 N–H and O–H groups in total. The van der Waals surface area contributed by atoms with Crippen LogP contribution in [0.2, 0.25) is 0 Å². The third kappa shape index (κ3) is 2.55. The second-order valence-corrected chi connectivity index (χ2v) is 5.84. The van der Waals surface area contributed by atoms with Crippen LogP contribution in [0.1, 0.15) is 21.5 Å². The fourth-order valence-corrected chi connectivity index (χ4v) is 2.90. The van der Waals surface area contributed by atoms with Crippen LogP contribution >= 0.6 is 0 Å². The van der Waals surface area contributed by atoms with Crippen molar-refractivity contribution in [3.63, 3.8) is 0 Å². The Morgan fingerprint density at radius 3 is 2.76 bits per heavy atom. The number of hydrogen-bond acceptors (Lipinski definition) is 4. The molecule has 0 atom stereocenters. The summed E-state index contributed by atoms with van der Waals surface area (Å²) in [6.07, 6.45) is 6.89. The Bertz CT molecular complexity index is 1080. The van der Waals surface area contributed by atoms with Gasteiger partial charge in [0.15, 0.2) is 5.78 Å². The molecule has 1 aromatic carbocycles. The van der Waals surface area contributed by atoms with Crippen molar-refractivity contribution in [2.45, 2.75) is 6.92 Å². The summed E-state index contributed by atoms with van der Waals surface area (Å²) in [6, 6.07) is 10.7. The maximum Gasteiger partial charge on any atom is 0.195 e. The second-order valence-electron chi connectivity index (χ2n) is 5.84. The van der Waals surface area contributed by atoms with E-state index in [1.807, 2.05) is 18.2 Å². The van der Waals surface area contributed by atoms with E-state index in [9.17, 15) is 9.90 Å². The van der Waals surface area contributed by atoms with Gasteiger partial charge in [0.2, 0.25) is 0 Å². The highest BCUT2D eigenvalue weighted by atomic mass is 16.3. The first-order chi connectivity index (χ1) is 12.1. The average molecular weight is 329 g/mol. The number of nitrogens with one attached hydrogen (secondary N) is 1. The van der Waals surface area contributed by atoms with Crippen molar-refractivity contribution in [2.24, 2.45) is 0 Å². The van der Waals surface area contributed by atoms with E-state index in [1.54, 1.807) is 49.9 Å². The lowest BCUT2D eigenvalue weighted by Crippen LogP contribution is -2.03. The van der Waals surface area contributed by atoms with Gasteiger partial charge >= 0.3 is 0 Å². The Kier molecular flexibility index (Phi) is 3.54. The number of carbonyl (C=O) groups excluding carboxylic acids is 1. The van der Waals surface area contributed by atoms with Gasteiger partial charge in [0.05, 0.1) is 0 Å². The van der Waals surface area contributed by atoms with Crippen LogP contribution in [0.25, 0.3) is 22.2 Å². The highest BCUT2D eigenvalue weighted by molar-refractivity contribution is 6.17. The molecule has 0 aliphatic heterocycles. The van der Waals surface area contributed by atoms with Crippen molar-refractivity contribution in [1.82, 2.24) is 15.0 Å². The van der Waals surface area contributed by atoms with Gasteiger partial charge in [0.25, 0.3) is 0 Å². The van der Waals surface area contributed by atoms with Crippen molar-refractivity contribution >= 4 is 16.8 Å². The molecule has 4 rings (SSSR count). The van der Waals surface area contributed by atoms with E-state index in [0.717, 1.165) is 16.5 Å². The lowest BCUT2D eigenvalue weighted by Gasteiger charge is -2.06. The van der Waals surface area contributed by atoms with Gasteiger partial charge in [-0.3, -0.25) is 9.78 Å². The predicted molar refractivity (Wildman–Crippen MR) is 95.6 cm³/mol. The fourth-order valence-electron chi connectivity index (χ4n) is 2.90. The van der Waals surface area contributed by atoms with Crippen LogP contribution in [0.5, 0.6) is 5.75 Å². The van der Waals surface area contributed by atoms with E-state index in [4.69, 9.17) is 0 Å². The fraction of sp³-hybridized carbons (Fsp3) is 0.0500. The van der Waals surface area contributed by atoms with Crippen molar-refractivity contribution < 1.29 is 9.90 Å². The molecule has 0 aliphatic rings. The number of hydrogen-bond donors (Lipinski definition) is 2. The summed E-state index contributed by atoms with van der Waals surface area (Å²) < 4.78 is 0. The highest BCUT2D eigenvalue weighted by Gasteiger charge is 2.18. The van der Waals surface area contributed by atoms with E-state index in [1.165, 1.54) is 0 Å². The van der Waals surface area contributed by atoms with Crippen LogP contribution in [0.3, 0.4) is 0 Å². The molecule has 5 nitrogen and oxygen atoms in total. The summed E-state index contributed by atoms with van der Waals surface area (Å²) in [5.41, 5.74) is 4.05. The van der Waals surface area contributed by atoms with Gasteiger partial charge in [0.1, 0.15) is 11.4 Å². The topological polar surface area (TPSA) is 78.9 Å². The van der Waals surface area contributed by atoms with Crippen LogP contribution in [0, 0.1) is 6.92 Å². The first kappa shape index (κ1) is 15.1. The zero-order valence-electron chi connectivity index (χ0n) is 13.5. The molecule has 5 heteroatoms. The number of aromatic amines is 1. The summed E-state index contributed by atoms with van der Waals surface area (Å²) in [5, 5.41) is 10.6. The number of H-pyrrole nitrogens is 1. The van der Waals surface area contributed by atoms with Crippen molar-refractivity contribution in [1.29, 1.82) is 0 Å². The van der Waals surface area contributed by atoms with E-state index in [2.05, 4.69) is 15.0 Å². The maximum absolute atomic E-state index is 13.0. The molecule has 0 aliphatic carbocycles. The molecule has 0 unspecified atom stereocenters. The number of pyridine rings is 2. The molecule has 0 bridgehead atoms. The number of nitrogens with zero attached hydrogens (tertiary/aromatic N) is 2. The number of carbonyl (C=O) groups is 1. The van der Waals surface area contributed by atoms with Gasteiger partial charge in [-0.25, -0.2) is 4.98 Å². The standard InChI is InChI=1S/C20H15N3O2/c1-12-15(5-2-6-18(12)24)19(25)17-11-23-20-16(17)8-14(10-22-20)13-4-3-7-21-9-13/h2-11,24H,1H3,(H,22,23). The number of fused-ring (bicyclic) bond motifs is 1. The van der Waals surface area contributed by atoms with Crippen molar-refractivity contribution in [2.75, 3.05) is 0 Å². The SMILES string of the molecule is Cc1c(O)cccc1C(=O)c1c[nH]c2ncc(-c3cccnc3)cc12. The minimum absolute atomic E-state index is 0.111. The number of phenolic OH excluding ortho intramolecular Hbond substituents is 1. The minimum atomic E-state index is -0.148. The average Bonchev–Trinajstić information content (AvgIpc) is 3.07. The van der Waals surface area contributed by atoms with Crippen molar-refractivity contribution in [3.8, 4) is 16.9 Å². The summed E-state index contributed by atoms with van der Waals surface area (Å²) >= 11 is 0. The third-order valence-corrected chi connectivity index (χ3v) is 4.32. The molecule has 4 aromatic rings. The van der Waals surface area contributed by atoms with Crippen molar-refractivity contribution in [3.05, 3.63) is 77.9 Å². The number of benzene rings is 1. The molecule has 3 heterocycles. The van der Waals surface area contributed by atoms with Crippen LogP contribution in [0.15, 0.2) is 61.2 Å². The Hall–Kier alpha value is -3.47. The predicted octanol–water partition coefficient (Wildman–Crippen LogP) is 3.87. The highest BCUT2D eigenvalue weighted by Crippen LogP contribution is 2.28. The first-order valence-corrected chi connectivity index (χ1v) is 7.86. The second kappa shape index (κ2) is 5.87. The maximum atomic E-state index is 13.0. The van der Waals surface area contributed by atoms with Gasteiger partial charge in [-0.2, -0.15) is 0 Å². The Labute approximate surface area is 144 Å². The molecule has 0 spiro atoms. The van der Waals surface area contributed by atoms with Gasteiger partial charge < -0.3 is 10.1 Å². The van der Waals surface area contributed by atoms with Crippen LogP contribution in [-0.4, -0.2) is 25.8 Å². The summed E-state index contributed by atoms with van der Waals surface area (Å²) in [7, 11) is 0. The molecular weight excluding hydrogens is 314 g/mol. The lowest BCUT2D eigenvalue weighted by atomic mass is 9.98. The van der Waals surface area contributed by atoms with E-state index < -0.39 is 0 Å². The summed E-state index contributed by atoms with van der Waals surface area (Å²) in [6.45, 7) is 1.73. The molecule has 0 saturated heterocycles. The molecule has 122 valence electrons. The molecule has 0 fully saturated rings.